The van der Waals surface area contributed by atoms with Gasteiger partial charge in [0.2, 0.25) is 5.89 Å². The molecule has 1 aromatic carbocycles. The molecule has 0 aliphatic rings. The SMILES string of the molecule is CC(C)Cc1nnc(-c2cc3ccccc3n2CCO)o1. The number of aliphatic hydroxyl groups is 1. The lowest BCUT2D eigenvalue weighted by atomic mass is 10.1. The minimum atomic E-state index is 0.0681. The molecule has 110 valence electrons. The lowest BCUT2D eigenvalue weighted by Crippen LogP contribution is -2.03. The van der Waals surface area contributed by atoms with Gasteiger partial charge in [-0.1, -0.05) is 32.0 Å². The van der Waals surface area contributed by atoms with Crippen LogP contribution in [0.15, 0.2) is 34.7 Å². The van der Waals surface area contributed by atoms with E-state index in [1.54, 1.807) is 0 Å². The van der Waals surface area contributed by atoms with Gasteiger partial charge in [-0.2, -0.15) is 0 Å². The maximum atomic E-state index is 9.31. The van der Waals surface area contributed by atoms with Crippen molar-refractivity contribution in [1.29, 1.82) is 0 Å². The number of hydrogen-bond donors (Lipinski definition) is 1. The molecule has 0 saturated heterocycles. The Morgan fingerprint density at radius 2 is 2.05 bits per heavy atom. The van der Waals surface area contributed by atoms with E-state index in [4.69, 9.17) is 4.42 Å². The summed E-state index contributed by atoms with van der Waals surface area (Å²) in [4.78, 5) is 0. The van der Waals surface area contributed by atoms with Crippen LogP contribution in [-0.2, 0) is 13.0 Å². The highest BCUT2D eigenvalue weighted by Gasteiger charge is 2.16. The van der Waals surface area contributed by atoms with Crippen molar-refractivity contribution in [2.24, 2.45) is 5.92 Å². The molecule has 0 atom stereocenters. The zero-order valence-electron chi connectivity index (χ0n) is 12.3. The van der Waals surface area contributed by atoms with Crippen LogP contribution in [0.3, 0.4) is 0 Å². The maximum absolute atomic E-state index is 9.31. The van der Waals surface area contributed by atoms with Crippen molar-refractivity contribution in [2.45, 2.75) is 26.8 Å². The minimum absolute atomic E-state index is 0.0681. The molecule has 21 heavy (non-hydrogen) atoms. The molecule has 0 fully saturated rings. The van der Waals surface area contributed by atoms with Gasteiger partial charge in [0.25, 0.3) is 5.89 Å². The molecular formula is C16H19N3O2. The van der Waals surface area contributed by atoms with Gasteiger partial charge in [0.05, 0.1) is 6.61 Å². The summed E-state index contributed by atoms with van der Waals surface area (Å²) in [5, 5.41) is 18.7. The average molecular weight is 285 g/mol. The normalized spacial score (nSPS) is 11.6. The number of nitrogens with zero attached hydrogens (tertiary/aromatic N) is 3. The molecule has 5 nitrogen and oxygen atoms in total. The largest absolute Gasteiger partial charge is 0.419 e. The first-order valence-corrected chi connectivity index (χ1v) is 7.21. The van der Waals surface area contributed by atoms with Crippen LogP contribution in [-0.4, -0.2) is 26.5 Å². The van der Waals surface area contributed by atoms with E-state index < -0.39 is 0 Å². The van der Waals surface area contributed by atoms with Crippen LogP contribution in [0.1, 0.15) is 19.7 Å². The van der Waals surface area contributed by atoms with E-state index in [1.165, 1.54) is 0 Å². The topological polar surface area (TPSA) is 64.1 Å². The highest BCUT2D eigenvalue weighted by Crippen LogP contribution is 2.27. The highest BCUT2D eigenvalue weighted by molar-refractivity contribution is 5.85. The van der Waals surface area contributed by atoms with Gasteiger partial charge in [-0.05, 0) is 18.1 Å². The number of para-hydroxylation sites is 1. The van der Waals surface area contributed by atoms with Gasteiger partial charge in [-0.15, -0.1) is 10.2 Å². The second-order valence-electron chi connectivity index (χ2n) is 5.56. The Bertz CT molecular complexity index is 743. The molecule has 1 N–H and O–H groups in total. The first-order valence-electron chi connectivity index (χ1n) is 7.21. The van der Waals surface area contributed by atoms with Crippen LogP contribution < -0.4 is 0 Å². The van der Waals surface area contributed by atoms with Gasteiger partial charge in [-0.25, -0.2) is 0 Å². The summed E-state index contributed by atoms with van der Waals surface area (Å²) in [5.74, 6) is 1.64. The van der Waals surface area contributed by atoms with Crippen LogP contribution >= 0.6 is 0 Å². The van der Waals surface area contributed by atoms with E-state index in [0.29, 0.717) is 24.2 Å². The lowest BCUT2D eigenvalue weighted by Gasteiger charge is -2.06. The molecule has 2 heterocycles. The Kier molecular flexibility index (Phi) is 3.75. The van der Waals surface area contributed by atoms with Crippen molar-refractivity contribution in [1.82, 2.24) is 14.8 Å². The molecule has 0 aliphatic carbocycles. The highest BCUT2D eigenvalue weighted by atomic mass is 16.4. The summed E-state index contributed by atoms with van der Waals surface area (Å²) in [7, 11) is 0. The number of aromatic nitrogens is 3. The number of benzene rings is 1. The van der Waals surface area contributed by atoms with E-state index in [0.717, 1.165) is 23.0 Å². The Morgan fingerprint density at radius 3 is 2.81 bits per heavy atom. The molecule has 3 aromatic rings. The number of aliphatic hydroxyl groups excluding tert-OH is 1. The minimum Gasteiger partial charge on any atom is -0.419 e. The lowest BCUT2D eigenvalue weighted by molar-refractivity contribution is 0.278. The van der Waals surface area contributed by atoms with Gasteiger partial charge in [0.1, 0.15) is 5.69 Å². The Morgan fingerprint density at radius 1 is 1.24 bits per heavy atom. The molecule has 0 aliphatic heterocycles. The fraction of sp³-hybridized carbons (Fsp3) is 0.375. The van der Waals surface area contributed by atoms with Crippen LogP contribution in [0.5, 0.6) is 0 Å². The summed E-state index contributed by atoms with van der Waals surface area (Å²) >= 11 is 0. The molecule has 3 rings (SSSR count). The summed E-state index contributed by atoms with van der Waals surface area (Å²) in [5.41, 5.74) is 1.91. The predicted molar refractivity (Wildman–Crippen MR) is 80.9 cm³/mol. The quantitative estimate of drug-likeness (QED) is 0.783. The Labute approximate surface area is 123 Å². The first kappa shape index (κ1) is 13.8. The third kappa shape index (κ3) is 2.69. The van der Waals surface area contributed by atoms with Crippen molar-refractivity contribution in [3.8, 4) is 11.6 Å². The fourth-order valence-electron chi connectivity index (χ4n) is 2.52. The maximum Gasteiger partial charge on any atom is 0.264 e. The third-order valence-electron chi connectivity index (χ3n) is 3.40. The molecule has 0 spiro atoms. The molecule has 0 amide bonds. The molecule has 0 bridgehead atoms. The van der Waals surface area contributed by atoms with E-state index >= 15 is 0 Å². The number of fused-ring (bicyclic) bond motifs is 1. The van der Waals surface area contributed by atoms with Crippen LogP contribution in [0.4, 0.5) is 0 Å². The van der Waals surface area contributed by atoms with Crippen molar-refractivity contribution in [3.63, 3.8) is 0 Å². The van der Waals surface area contributed by atoms with E-state index in [-0.39, 0.29) is 6.61 Å². The zero-order chi connectivity index (χ0) is 14.8. The van der Waals surface area contributed by atoms with Crippen LogP contribution in [0.2, 0.25) is 0 Å². The van der Waals surface area contributed by atoms with Gasteiger partial charge in [-0.3, -0.25) is 0 Å². The Balaban J connectivity index is 2.06. The van der Waals surface area contributed by atoms with Crippen molar-refractivity contribution < 1.29 is 9.52 Å². The summed E-state index contributed by atoms with van der Waals surface area (Å²) in [6, 6.07) is 10.1. The van der Waals surface area contributed by atoms with Gasteiger partial charge in [0, 0.05) is 23.9 Å². The van der Waals surface area contributed by atoms with Gasteiger partial charge >= 0.3 is 0 Å². The van der Waals surface area contributed by atoms with E-state index in [9.17, 15) is 5.11 Å². The number of hydrogen-bond acceptors (Lipinski definition) is 4. The van der Waals surface area contributed by atoms with Crippen LogP contribution in [0.25, 0.3) is 22.5 Å². The predicted octanol–water partition coefficient (Wildman–Crippen LogP) is 2.88. The Hall–Kier alpha value is -2.14. The standard InChI is InChI=1S/C16H19N3O2/c1-11(2)9-15-17-18-16(21-15)14-10-12-5-3-4-6-13(12)19(14)7-8-20/h3-6,10-11,20H,7-9H2,1-2H3. The second kappa shape index (κ2) is 5.69. The monoisotopic (exact) mass is 285 g/mol. The third-order valence-corrected chi connectivity index (χ3v) is 3.40. The van der Waals surface area contributed by atoms with Gasteiger partial charge < -0.3 is 14.1 Å². The smallest absolute Gasteiger partial charge is 0.264 e. The molecular weight excluding hydrogens is 266 g/mol. The number of rotatable bonds is 5. The summed E-state index contributed by atoms with van der Waals surface area (Å²) in [6.07, 6.45) is 0.771. The fourth-order valence-corrected chi connectivity index (χ4v) is 2.52. The second-order valence-corrected chi connectivity index (χ2v) is 5.56. The van der Waals surface area contributed by atoms with Gasteiger partial charge in [0.15, 0.2) is 0 Å². The first-order chi connectivity index (χ1) is 10.2. The molecule has 0 saturated carbocycles. The molecule has 0 unspecified atom stereocenters. The van der Waals surface area contributed by atoms with E-state index in [1.807, 2.05) is 34.9 Å². The van der Waals surface area contributed by atoms with Crippen LogP contribution in [0, 0.1) is 5.92 Å². The van der Waals surface area contributed by atoms with Crippen molar-refractivity contribution in [2.75, 3.05) is 6.61 Å². The van der Waals surface area contributed by atoms with E-state index in [2.05, 4.69) is 24.0 Å². The van der Waals surface area contributed by atoms with Crippen molar-refractivity contribution >= 4 is 10.9 Å². The van der Waals surface area contributed by atoms with Crippen molar-refractivity contribution in [3.05, 3.63) is 36.2 Å². The molecule has 5 heteroatoms. The summed E-state index contributed by atoms with van der Waals surface area (Å²) in [6.45, 7) is 4.81. The zero-order valence-corrected chi connectivity index (χ0v) is 12.3. The molecule has 0 radical (unpaired) electrons. The average Bonchev–Trinajstić information content (AvgIpc) is 3.04. The summed E-state index contributed by atoms with van der Waals surface area (Å²) < 4.78 is 7.79. The molecule has 2 aromatic heterocycles.